The van der Waals surface area contributed by atoms with E-state index in [1.54, 1.807) is 0 Å². The molecule has 2 heterocycles. The van der Waals surface area contributed by atoms with Crippen LogP contribution < -0.4 is 15.4 Å². The molecule has 0 saturated heterocycles. The van der Waals surface area contributed by atoms with Crippen molar-refractivity contribution in [3.05, 3.63) is 46.8 Å². The first-order chi connectivity index (χ1) is 11.8. The average Bonchev–Trinajstić information content (AvgIpc) is 3.35. The summed E-state index contributed by atoms with van der Waals surface area (Å²) in [6.45, 7) is 2.82. The Morgan fingerprint density at radius 3 is 3.08 bits per heavy atom. The first-order valence-corrected chi connectivity index (χ1v) is 8.57. The van der Waals surface area contributed by atoms with E-state index in [2.05, 4.69) is 20.8 Å². The third-order valence-corrected chi connectivity index (χ3v) is 4.60. The quantitative estimate of drug-likeness (QED) is 0.756. The van der Waals surface area contributed by atoms with Crippen LogP contribution in [0.15, 0.2) is 24.3 Å². The summed E-state index contributed by atoms with van der Waals surface area (Å²) in [5, 5.41) is 13.4. The van der Waals surface area contributed by atoms with Crippen LogP contribution in [0.1, 0.15) is 40.2 Å². The Morgan fingerprint density at radius 1 is 1.33 bits per heavy atom. The van der Waals surface area contributed by atoms with Crippen LogP contribution in [-0.4, -0.2) is 29.3 Å². The fraction of sp³-hybridized carbons (Fsp3) is 0.444. The highest BCUT2D eigenvalue weighted by atomic mass is 16.5. The second kappa shape index (κ2) is 6.65. The molecular formula is C18H22N4O2. The Kier molecular flexibility index (Phi) is 4.21. The van der Waals surface area contributed by atoms with Crippen LogP contribution in [0, 0.1) is 5.92 Å². The van der Waals surface area contributed by atoms with Gasteiger partial charge in [-0.2, -0.15) is 5.10 Å². The summed E-state index contributed by atoms with van der Waals surface area (Å²) >= 11 is 0. The number of para-hydroxylation sites is 1. The first-order valence-electron chi connectivity index (χ1n) is 8.57. The predicted octanol–water partition coefficient (Wildman–Crippen LogP) is 1.77. The van der Waals surface area contributed by atoms with Crippen molar-refractivity contribution < 1.29 is 9.53 Å². The van der Waals surface area contributed by atoms with Gasteiger partial charge in [-0.25, -0.2) is 0 Å². The number of H-pyrrole nitrogens is 1. The summed E-state index contributed by atoms with van der Waals surface area (Å²) in [4.78, 5) is 12.5. The van der Waals surface area contributed by atoms with Crippen molar-refractivity contribution in [2.24, 2.45) is 5.92 Å². The van der Waals surface area contributed by atoms with Gasteiger partial charge in [-0.1, -0.05) is 18.2 Å². The largest absolute Gasteiger partial charge is 0.493 e. The lowest BCUT2D eigenvalue weighted by atomic mass is 10.1. The van der Waals surface area contributed by atoms with Crippen LogP contribution >= 0.6 is 0 Å². The van der Waals surface area contributed by atoms with E-state index in [1.165, 1.54) is 12.8 Å². The number of nitrogens with one attached hydrogen (secondary N) is 3. The summed E-state index contributed by atoms with van der Waals surface area (Å²) < 4.78 is 5.89. The third kappa shape index (κ3) is 3.28. The van der Waals surface area contributed by atoms with Gasteiger partial charge in [0.15, 0.2) is 5.69 Å². The Bertz CT molecular complexity index is 736. The maximum Gasteiger partial charge on any atom is 0.272 e. The van der Waals surface area contributed by atoms with Gasteiger partial charge in [0.05, 0.1) is 6.61 Å². The predicted molar refractivity (Wildman–Crippen MR) is 89.8 cm³/mol. The Labute approximate surface area is 141 Å². The first kappa shape index (κ1) is 15.2. The SMILES string of the molecule is O=C(NCc1ccccc1OCC1CC1)c1n[nH]c2c1CNCC2. The maximum atomic E-state index is 12.5. The maximum absolute atomic E-state index is 12.5. The number of rotatable bonds is 6. The van der Waals surface area contributed by atoms with Gasteiger partial charge in [0.1, 0.15) is 5.75 Å². The Hall–Kier alpha value is -2.34. The number of amides is 1. The summed E-state index contributed by atoms with van der Waals surface area (Å²) in [7, 11) is 0. The van der Waals surface area contributed by atoms with E-state index in [-0.39, 0.29) is 5.91 Å². The molecule has 6 heteroatoms. The number of hydrogen-bond donors (Lipinski definition) is 3. The van der Waals surface area contributed by atoms with Crippen LogP contribution in [0.3, 0.4) is 0 Å². The summed E-state index contributed by atoms with van der Waals surface area (Å²) in [6, 6.07) is 7.88. The molecule has 1 aromatic carbocycles. The molecule has 1 saturated carbocycles. The number of ether oxygens (including phenoxy) is 1. The van der Waals surface area contributed by atoms with Crippen LogP contribution in [0.2, 0.25) is 0 Å². The number of carbonyl (C=O) groups is 1. The lowest BCUT2D eigenvalue weighted by molar-refractivity contribution is 0.0944. The average molecular weight is 326 g/mol. The van der Waals surface area contributed by atoms with Crippen molar-refractivity contribution in [2.45, 2.75) is 32.4 Å². The summed E-state index contributed by atoms with van der Waals surface area (Å²) in [5.41, 5.74) is 3.53. The lowest BCUT2D eigenvalue weighted by Gasteiger charge is -2.14. The van der Waals surface area contributed by atoms with Crippen LogP contribution in [0.25, 0.3) is 0 Å². The van der Waals surface area contributed by atoms with E-state index >= 15 is 0 Å². The van der Waals surface area contributed by atoms with Crippen molar-refractivity contribution >= 4 is 5.91 Å². The monoisotopic (exact) mass is 326 g/mol. The number of hydrogen-bond acceptors (Lipinski definition) is 4. The zero-order valence-corrected chi connectivity index (χ0v) is 13.6. The number of carbonyl (C=O) groups excluding carboxylic acids is 1. The standard InChI is InChI=1S/C18H22N4O2/c23-18(17-14-10-19-8-7-15(14)21-22-17)20-9-13-3-1-2-4-16(13)24-11-12-5-6-12/h1-4,12,19H,5-11H2,(H,20,23)(H,21,22). The number of aromatic nitrogens is 2. The second-order valence-corrected chi connectivity index (χ2v) is 6.50. The van der Waals surface area contributed by atoms with Crippen molar-refractivity contribution in [2.75, 3.05) is 13.2 Å². The molecule has 0 atom stereocenters. The number of aromatic amines is 1. The molecule has 0 bridgehead atoms. The second-order valence-electron chi connectivity index (χ2n) is 6.50. The number of benzene rings is 1. The van der Waals surface area contributed by atoms with Gasteiger partial charge in [-0.05, 0) is 24.8 Å². The van der Waals surface area contributed by atoms with Crippen molar-refractivity contribution in [3.63, 3.8) is 0 Å². The number of fused-ring (bicyclic) bond motifs is 1. The van der Waals surface area contributed by atoms with Gasteiger partial charge in [-0.15, -0.1) is 0 Å². The highest BCUT2D eigenvalue weighted by Crippen LogP contribution is 2.30. The molecule has 1 fully saturated rings. The van der Waals surface area contributed by atoms with Crippen molar-refractivity contribution in [1.82, 2.24) is 20.8 Å². The molecule has 4 rings (SSSR count). The zero-order valence-electron chi connectivity index (χ0n) is 13.6. The van der Waals surface area contributed by atoms with E-state index in [1.807, 2.05) is 24.3 Å². The molecule has 126 valence electrons. The van der Waals surface area contributed by atoms with Crippen LogP contribution in [0.5, 0.6) is 5.75 Å². The highest BCUT2D eigenvalue weighted by molar-refractivity contribution is 5.94. The molecule has 1 aromatic heterocycles. The molecule has 2 aliphatic rings. The summed E-state index contributed by atoms with van der Waals surface area (Å²) in [5.74, 6) is 1.42. The molecule has 24 heavy (non-hydrogen) atoms. The van der Waals surface area contributed by atoms with Gasteiger partial charge >= 0.3 is 0 Å². The van der Waals surface area contributed by atoms with E-state index < -0.39 is 0 Å². The van der Waals surface area contributed by atoms with Gasteiger partial charge < -0.3 is 15.4 Å². The Balaban J connectivity index is 1.41. The molecule has 0 spiro atoms. The van der Waals surface area contributed by atoms with E-state index in [0.717, 1.165) is 42.1 Å². The molecule has 2 aromatic rings. The number of nitrogens with zero attached hydrogens (tertiary/aromatic N) is 1. The van der Waals surface area contributed by atoms with E-state index in [0.29, 0.717) is 24.7 Å². The van der Waals surface area contributed by atoms with Crippen LogP contribution in [0.4, 0.5) is 0 Å². The molecular weight excluding hydrogens is 304 g/mol. The fourth-order valence-electron chi connectivity index (χ4n) is 2.96. The molecule has 6 nitrogen and oxygen atoms in total. The minimum absolute atomic E-state index is 0.145. The van der Waals surface area contributed by atoms with E-state index in [9.17, 15) is 4.79 Å². The third-order valence-electron chi connectivity index (χ3n) is 4.60. The van der Waals surface area contributed by atoms with Gasteiger partial charge in [0, 0.05) is 42.9 Å². The minimum Gasteiger partial charge on any atom is -0.493 e. The summed E-state index contributed by atoms with van der Waals surface area (Å²) in [6.07, 6.45) is 3.40. The Morgan fingerprint density at radius 2 is 2.21 bits per heavy atom. The van der Waals surface area contributed by atoms with Gasteiger partial charge in [0.25, 0.3) is 5.91 Å². The van der Waals surface area contributed by atoms with Crippen molar-refractivity contribution in [3.8, 4) is 5.75 Å². The molecule has 0 unspecified atom stereocenters. The minimum atomic E-state index is -0.145. The molecule has 1 aliphatic carbocycles. The molecule has 1 aliphatic heterocycles. The fourth-order valence-corrected chi connectivity index (χ4v) is 2.96. The van der Waals surface area contributed by atoms with Crippen LogP contribution in [-0.2, 0) is 19.5 Å². The normalized spacial score (nSPS) is 16.5. The molecule has 3 N–H and O–H groups in total. The topological polar surface area (TPSA) is 79.0 Å². The molecule has 0 radical (unpaired) electrons. The van der Waals surface area contributed by atoms with Gasteiger partial charge in [-0.3, -0.25) is 9.89 Å². The zero-order chi connectivity index (χ0) is 16.4. The molecule has 1 amide bonds. The smallest absolute Gasteiger partial charge is 0.272 e. The lowest BCUT2D eigenvalue weighted by Crippen LogP contribution is -2.28. The van der Waals surface area contributed by atoms with Crippen molar-refractivity contribution in [1.29, 1.82) is 0 Å². The highest BCUT2D eigenvalue weighted by Gasteiger charge is 2.23. The van der Waals surface area contributed by atoms with E-state index in [4.69, 9.17) is 4.74 Å². The van der Waals surface area contributed by atoms with Gasteiger partial charge in [0.2, 0.25) is 0 Å².